The number of halogens is 4. The van der Waals surface area contributed by atoms with Crippen LogP contribution in [0, 0.1) is 0 Å². The molecule has 2 rings (SSSR count). The van der Waals surface area contributed by atoms with Crippen LogP contribution in [-0.4, -0.2) is 12.5 Å². The number of hydrogen-bond donors (Lipinski definition) is 2. The fourth-order valence-corrected chi connectivity index (χ4v) is 2.05. The molecule has 7 heteroatoms. The normalized spacial score (nSPS) is 11.1. The van der Waals surface area contributed by atoms with Gasteiger partial charge in [0, 0.05) is 18.7 Å². The van der Waals surface area contributed by atoms with Crippen molar-refractivity contribution in [3.05, 3.63) is 59.1 Å². The molecule has 0 unspecified atom stereocenters. The van der Waals surface area contributed by atoms with E-state index in [0.717, 1.165) is 23.9 Å². The number of hydrogen-bond acceptors (Lipinski definition) is 2. The minimum absolute atomic E-state index is 0.0498. The monoisotopic (exact) mass is 342 g/mol. The van der Waals surface area contributed by atoms with E-state index in [-0.39, 0.29) is 17.1 Å². The van der Waals surface area contributed by atoms with Crippen LogP contribution in [0.25, 0.3) is 0 Å². The Morgan fingerprint density at radius 1 is 1.09 bits per heavy atom. The zero-order valence-corrected chi connectivity index (χ0v) is 12.7. The molecule has 0 fully saturated rings. The van der Waals surface area contributed by atoms with Crippen LogP contribution in [0.1, 0.15) is 12.0 Å². The van der Waals surface area contributed by atoms with Crippen LogP contribution in [0.3, 0.4) is 0 Å². The van der Waals surface area contributed by atoms with Gasteiger partial charge in [-0.1, -0.05) is 29.8 Å². The van der Waals surface area contributed by atoms with Crippen molar-refractivity contribution in [2.24, 2.45) is 0 Å². The van der Waals surface area contributed by atoms with Crippen LogP contribution in [0.4, 0.5) is 24.5 Å². The lowest BCUT2D eigenvalue weighted by molar-refractivity contribution is -0.137. The van der Waals surface area contributed by atoms with Gasteiger partial charge in [0.15, 0.2) is 0 Å². The number of para-hydroxylation sites is 1. The van der Waals surface area contributed by atoms with E-state index in [4.69, 9.17) is 11.6 Å². The Kier molecular flexibility index (Phi) is 5.50. The molecule has 0 aliphatic rings. The van der Waals surface area contributed by atoms with Gasteiger partial charge in [0.25, 0.3) is 0 Å². The summed E-state index contributed by atoms with van der Waals surface area (Å²) < 4.78 is 38.0. The van der Waals surface area contributed by atoms with Crippen LogP contribution in [-0.2, 0) is 11.0 Å². The van der Waals surface area contributed by atoms with Gasteiger partial charge in [-0.3, -0.25) is 4.79 Å². The molecule has 2 aromatic rings. The maximum Gasteiger partial charge on any atom is 0.416 e. The number of nitrogens with one attached hydrogen (secondary N) is 2. The predicted octanol–water partition coefficient (Wildman–Crippen LogP) is 4.80. The Balaban J connectivity index is 1.92. The molecule has 0 saturated heterocycles. The van der Waals surface area contributed by atoms with E-state index < -0.39 is 17.6 Å². The Labute approximate surface area is 136 Å². The van der Waals surface area contributed by atoms with E-state index in [0.29, 0.717) is 6.54 Å². The Morgan fingerprint density at radius 2 is 1.78 bits per heavy atom. The van der Waals surface area contributed by atoms with Gasteiger partial charge in [-0.05, 0) is 30.3 Å². The summed E-state index contributed by atoms with van der Waals surface area (Å²) in [6.45, 7) is 0.354. The van der Waals surface area contributed by atoms with Crippen molar-refractivity contribution in [3.63, 3.8) is 0 Å². The highest BCUT2D eigenvalue weighted by Crippen LogP contribution is 2.33. The number of anilines is 2. The van der Waals surface area contributed by atoms with Crippen molar-refractivity contribution in [2.75, 3.05) is 17.2 Å². The molecule has 0 bridgehead atoms. The summed E-state index contributed by atoms with van der Waals surface area (Å²) in [4.78, 5) is 11.8. The zero-order valence-electron chi connectivity index (χ0n) is 12.0. The van der Waals surface area contributed by atoms with Gasteiger partial charge in [0.05, 0.1) is 16.3 Å². The molecule has 1 amide bonds. The second kappa shape index (κ2) is 7.37. The number of carbonyl (C=O) groups is 1. The molecule has 0 heterocycles. The molecule has 0 radical (unpaired) electrons. The quantitative estimate of drug-likeness (QED) is 0.819. The summed E-state index contributed by atoms with van der Waals surface area (Å²) in [7, 11) is 0. The van der Waals surface area contributed by atoms with Gasteiger partial charge in [-0.15, -0.1) is 0 Å². The number of alkyl halides is 3. The number of amides is 1. The van der Waals surface area contributed by atoms with E-state index in [1.54, 1.807) is 0 Å². The minimum Gasteiger partial charge on any atom is -0.385 e. The summed E-state index contributed by atoms with van der Waals surface area (Å²) in [5, 5.41) is 5.49. The molecule has 0 saturated carbocycles. The third-order valence-corrected chi connectivity index (χ3v) is 3.35. The van der Waals surface area contributed by atoms with Gasteiger partial charge >= 0.3 is 6.18 Å². The Hall–Kier alpha value is -2.21. The maximum absolute atomic E-state index is 12.7. The first-order valence-electron chi connectivity index (χ1n) is 6.82. The maximum atomic E-state index is 12.7. The van der Waals surface area contributed by atoms with E-state index in [9.17, 15) is 18.0 Å². The summed E-state index contributed by atoms with van der Waals surface area (Å²) in [6.07, 6.45) is -4.39. The first-order valence-corrected chi connectivity index (χ1v) is 7.19. The SMILES string of the molecule is O=C(CCNc1ccccc1)Nc1cc(C(F)(F)F)ccc1Cl. The fraction of sp³-hybridized carbons (Fsp3) is 0.188. The summed E-state index contributed by atoms with van der Waals surface area (Å²) in [6, 6.07) is 12.1. The lowest BCUT2D eigenvalue weighted by Crippen LogP contribution is -2.17. The molecule has 23 heavy (non-hydrogen) atoms. The summed E-state index contributed by atoms with van der Waals surface area (Å²) in [5.41, 5.74) is -0.0526. The fourth-order valence-electron chi connectivity index (χ4n) is 1.89. The van der Waals surface area contributed by atoms with Gasteiger partial charge in [-0.2, -0.15) is 13.2 Å². The molecule has 0 aromatic heterocycles. The van der Waals surface area contributed by atoms with Crippen LogP contribution >= 0.6 is 11.6 Å². The average molecular weight is 343 g/mol. The molecule has 0 aliphatic carbocycles. The minimum atomic E-state index is -4.49. The lowest BCUT2D eigenvalue weighted by Gasteiger charge is -2.12. The van der Waals surface area contributed by atoms with Crippen LogP contribution in [0.5, 0.6) is 0 Å². The van der Waals surface area contributed by atoms with Crippen molar-refractivity contribution in [1.29, 1.82) is 0 Å². The standard InChI is InChI=1S/C16H14ClF3N2O/c17-13-7-6-11(16(18,19)20)10-14(13)22-15(23)8-9-21-12-4-2-1-3-5-12/h1-7,10,21H,8-9H2,(H,22,23). The summed E-state index contributed by atoms with van der Waals surface area (Å²) >= 11 is 5.82. The van der Waals surface area contributed by atoms with Crippen LogP contribution in [0.15, 0.2) is 48.5 Å². The highest BCUT2D eigenvalue weighted by atomic mass is 35.5. The number of carbonyl (C=O) groups excluding carboxylic acids is 1. The highest BCUT2D eigenvalue weighted by Gasteiger charge is 2.31. The molecule has 3 nitrogen and oxygen atoms in total. The predicted molar refractivity (Wildman–Crippen MR) is 84.6 cm³/mol. The van der Waals surface area contributed by atoms with Crippen LogP contribution < -0.4 is 10.6 Å². The van der Waals surface area contributed by atoms with Crippen molar-refractivity contribution in [1.82, 2.24) is 0 Å². The van der Waals surface area contributed by atoms with Gasteiger partial charge < -0.3 is 10.6 Å². The largest absolute Gasteiger partial charge is 0.416 e. The van der Waals surface area contributed by atoms with Gasteiger partial charge in [-0.25, -0.2) is 0 Å². The Bertz CT molecular complexity index is 675. The second-order valence-corrected chi connectivity index (χ2v) is 5.19. The van der Waals surface area contributed by atoms with E-state index in [1.807, 2.05) is 30.3 Å². The third kappa shape index (κ3) is 5.17. The zero-order chi connectivity index (χ0) is 16.9. The lowest BCUT2D eigenvalue weighted by atomic mass is 10.2. The van der Waals surface area contributed by atoms with Gasteiger partial charge in [0.1, 0.15) is 0 Å². The van der Waals surface area contributed by atoms with Crippen molar-refractivity contribution in [3.8, 4) is 0 Å². The first-order chi connectivity index (χ1) is 10.9. The Morgan fingerprint density at radius 3 is 2.43 bits per heavy atom. The topological polar surface area (TPSA) is 41.1 Å². The number of rotatable bonds is 5. The van der Waals surface area contributed by atoms with E-state index in [1.165, 1.54) is 0 Å². The molecule has 0 spiro atoms. The third-order valence-electron chi connectivity index (χ3n) is 3.02. The van der Waals surface area contributed by atoms with Crippen LogP contribution in [0.2, 0.25) is 5.02 Å². The van der Waals surface area contributed by atoms with Crippen molar-refractivity contribution >= 4 is 28.9 Å². The molecule has 0 atom stereocenters. The molecule has 2 aromatic carbocycles. The molecule has 122 valence electrons. The first kappa shape index (κ1) is 17.1. The molecular formula is C16H14ClF3N2O. The van der Waals surface area contributed by atoms with E-state index >= 15 is 0 Å². The van der Waals surface area contributed by atoms with Gasteiger partial charge in [0.2, 0.25) is 5.91 Å². The summed E-state index contributed by atoms with van der Waals surface area (Å²) in [5.74, 6) is -0.422. The average Bonchev–Trinajstić information content (AvgIpc) is 2.49. The molecular weight excluding hydrogens is 329 g/mol. The second-order valence-electron chi connectivity index (χ2n) is 4.78. The number of benzene rings is 2. The smallest absolute Gasteiger partial charge is 0.385 e. The van der Waals surface area contributed by atoms with Crippen molar-refractivity contribution < 1.29 is 18.0 Å². The molecule has 2 N–H and O–H groups in total. The van der Waals surface area contributed by atoms with E-state index in [2.05, 4.69) is 10.6 Å². The van der Waals surface area contributed by atoms with Crippen molar-refractivity contribution in [2.45, 2.75) is 12.6 Å². The highest BCUT2D eigenvalue weighted by molar-refractivity contribution is 6.33. The molecule has 0 aliphatic heterocycles.